The second-order valence-electron chi connectivity index (χ2n) is 7.19. The van der Waals surface area contributed by atoms with Crippen LogP contribution in [0.25, 0.3) is 0 Å². The minimum atomic E-state index is -0.708. The third-order valence-electron chi connectivity index (χ3n) is 5.45. The van der Waals surface area contributed by atoms with Crippen LogP contribution in [0, 0.1) is 0 Å². The number of urea groups is 1. The molecule has 2 heterocycles. The van der Waals surface area contributed by atoms with Crippen molar-refractivity contribution in [2.45, 2.75) is 57.2 Å². The van der Waals surface area contributed by atoms with Gasteiger partial charge in [-0.25, -0.2) is 4.79 Å². The van der Waals surface area contributed by atoms with E-state index >= 15 is 0 Å². The molecule has 4 amide bonds. The number of nitrogens with zero attached hydrogens (tertiary/aromatic N) is 4. The number of aromatic nitrogens is 1. The maximum absolute atomic E-state index is 13.1. The normalized spacial score (nSPS) is 21.4. The topological polar surface area (TPSA) is 73.8 Å². The Morgan fingerprint density at radius 2 is 1.96 bits per heavy atom. The summed E-state index contributed by atoms with van der Waals surface area (Å²) in [6.45, 7) is 0.492. The lowest BCUT2D eigenvalue weighted by atomic mass is 9.93. The Labute approximate surface area is 154 Å². The SMILES string of the molecule is CN1C(=O)[C@@H](CC(=O)N(Cc2cccnc2)C2CCCCC2)N(C)C1=O. The van der Waals surface area contributed by atoms with Crippen LogP contribution >= 0.6 is 0 Å². The molecule has 0 radical (unpaired) electrons. The number of likely N-dealkylation sites (N-methyl/N-ethyl adjacent to an activating group) is 2. The summed E-state index contributed by atoms with van der Waals surface area (Å²) in [6, 6.07) is 2.94. The standard InChI is InChI=1S/C19H26N4O3/c1-21-16(18(25)22(2)19(21)26)11-17(24)23(15-8-4-3-5-9-15)13-14-7-6-10-20-12-14/h6-7,10,12,15-16H,3-5,8-9,11,13H2,1-2H3/t16-/m1/s1. The van der Waals surface area contributed by atoms with E-state index < -0.39 is 6.04 Å². The molecule has 7 nitrogen and oxygen atoms in total. The van der Waals surface area contributed by atoms with Crippen molar-refractivity contribution in [2.75, 3.05) is 14.1 Å². The first-order chi connectivity index (χ1) is 12.5. The van der Waals surface area contributed by atoms with E-state index in [9.17, 15) is 14.4 Å². The summed E-state index contributed by atoms with van der Waals surface area (Å²) in [6.07, 6.45) is 8.92. The van der Waals surface area contributed by atoms with E-state index in [-0.39, 0.29) is 30.3 Å². The van der Waals surface area contributed by atoms with Gasteiger partial charge in [-0.1, -0.05) is 25.3 Å². The minimum absolute atomic E-state index is 0.0299. The zero-order valence-corrected chi connectivity index (χ0v) is 15.4. The molecule has 0 N–H and O–H groups in total. The van der Waals surface area contributed by atoms with Crippen molar-refractivity contribution in [3.63, 3.8) is 0 Å². The first-order valence-electron chi connectivity index (χ1n) is 9.21. The molecule has 1 saturated carbocycles. The molecule has 2 fully saturated rings. The van der Waals surface area contributed by atoms with Gasteiger partial charge in [0.1, 0.15) is 6.04 Å². The van der Waals surface area contributed by atoms with Gasteiger partial charge in [0.2, 0.25) is 5.91 Å². The summed E-state index contributed by atoms with van der Waals surface area (Å²) in [7, 11) is 3.04. The maximum atomic E-state index is 13.1. The third-order valence-corrected chi connectivity index (χ3v) is 5.45. The quantitative estimate of drug-likeness (QED) is 0.755. The average Bonchev–Trinajstić information content (AvgIpc) is 2.85. The van der Waals surface area contributed by atoms with Crippen molar-refractivity contribution in [1.82, 2.24) is 19.7 Å². The van der Waals surface area contributed by atoms with Crippen LogP contribution in [0.2, 0.25) is 0 Å². The van der Waals surface area contributed by atoms with Crippen LogP contribution < -0.4 is 0 Å². The van der Waals surface area contributed by atoms with Crippen LogP contribution in [0.15, 0.2) is 24.5 Å². The van der Waals surface area contributed by atoms with Crippen LogP contribution in [0.3, 0.4) is 0 Å². The molecule has 1 aromatic rings. The molecular weight excluding hydrogens is 332 g/mol. The zero-order valence-electron chi connectivity index (χ0n) is 15.4. The number of rotatable bonds is 5. The van der Waals surface area contributed by atoms with Gasteiger partial charge in [0, 0.05) is 39.1 Å². The summed E-state index contributed by atoms with van der Waals surface area (Å²) in [5.41, 5.74) is 0.978. The summed E-state index contributed by atoms with van der Waals surface area (Å²) < 4.78 is 0. The third kappa shape index (κ3) is 3.71. The monoisotopic (exact) mass is 358 g/mol. The highest BCUT2D eigenvalue weighted by atomic mass is 16.2. The van der Waals surface area contributed by atoms with E-state index in [1.807, 2.05) is 17.0 Å². The fourth-order valence-corrected chi connectivity index (χ4v) is 3.86. The first-order valence-corrected chi connectivity index (χ1v) is 9.21. The van der Waals surface area contributed by atoms with Crippen LogP contribution in [0.5, 0.6) is 0 Å². The number of hydrogen-bond acceptors (Lipinski definition) is 4. The van der Waals surface area contributed by atoms with Crippen molar-refractivity contribution >= 4 is 17.8 Å². The lowest BCUT2D eigenvalue weighted by Crippen LogP contribution is -2.44. The zero-order chi connectivity index (χ0) is 18.7. The van der Waals surface area contributed by atoms with Gasteiger partial charge < -0.3 is 9.80 Å². The highest BCUT2D eigenvalue weighted by molar-refractivity contribution is 6.05. The molecule has 26 heavy (non-hydrogen) atoms. The van der Waals surface area contributed by atoms with Crippen molar-refractivity contribution in [1.29, 1.82) is 0 Å². The molecule has 140 valence electrons. The Morgan fingerprint density at radius 1 is 1.23 bits per heavy atom. The number of hydrogen-bond donors (Lipinski definition) is 0. The molecular formula is C19H26N4O3. The van der Waals surface area contributed by atoms with Crippen LogP contribution in [0.1, 0.15) is 44.1 Å². The predicted molar refractivity (Wildman–Crippen MR) is 96.0 cm³/mol. The maximum Gasteiger partial charge on any atom is 0.326 e. The molecule has 1 aromatic heterocycles. The lowest BCUT2D eigenvalue weighted by Gasteiger charge is -2.35. The molecule has 0 spiro atoms. The van der Waals surface area contributed by atoms with Gasteiger partial charge in [0.05, 0.1) is 6.42 Å². The molecule has 0 bridgehead atoms. The van der Waals surface area contributed by atoms with Gasteiger partial charge in [0.25, 0.3) is 5.91 Å². The molecule has 0 unspecified atom stereocenters. The van der Waals surface area contributed by atoms with Crippen molar-refractivity contribution < 1.29 is 14.4 Å². The average molecular weight is 358 g/mol. The van der Waals surface area contributed by atoms with E-state index in [0.29, 0.717) is 6.54 Å². The van der Waals surface area contributed by atoms with E-state index in [1.165, 1.54) is 18.4 Å². The van der Waals surface area contributed by atoms with Gasteiger partial charge in [0.15, 0.2) is 0 Å². The van der Waals surface area contributed by atoms with Crippen LogP contribution in [-0.4, -0.2) is 63.7 Å². The van der Waals surface area contributed by atoms with Gasteiger partial charge in [-0.05, 0) is 24.5 Å². The second-order valence-corrected chi connectivity index (χ2v) is 7.19. The number of carbonyl (C=O) groups is 3. The summed E-state index contributed by atoms with van der Waals surface area (Å²) in [5, 5.41) is 0. The summed E-state index contributed by atoms with van der Waals surface area (Å²) >= 11 is 0. The molecule has 2 aliphatic rings. The Bertz CT molecular complexity index is 673. The highest BCUT2D eigenvalue weighted by Gasteiger charge is 2.42. The van der Waals surface area contributed by atoms with Crippen molar-refractivity contribution in [2.24, 2.45) is 0 Å². The Kier molecular flexibility index (Phi) is 5.54. The number of carbonyl (C=O) groups excluding carboxylic acids is 3. The fourth-order valence-electron chi connectivity index (χ4n) is 3.86. The molecule has 1 aliphatic heterocycles. The number of amides is 4. The number of imide groups is 1. The lowest BCUT2D eigenvalue weighted by molar-refractivity contribution is -0.139. The largest absolute Gasteiger partial charge is 0.335 e. The second kappa shape index (κ2) is 7.85. The number of pyridine rings is 1. The molecule has 1 saturated heterocycles. The fraction of sp³-hybridized carbons (Fsp3) is 0.579. The summed E-state index contributed by atoms with van der Waals surface area (Å²) in [4.78, 5) is 45.9. The minimum Gasteiger partial charge on any atom is -0.335 e. The summed E-state index contributed by atoms with van der Waals surface area (Å²) in [5.74, 6) is -0.384. The molecule has 7 heteroatoms. The van der Waals surface area contributed by atoms with E-state index in [2.05, 4.69) is 4.98 Å². The molecule has 1 atom stereocenters. The smallest absolute Gasteiger partial charge is 0.326 e. The van der Waals surface area contributed by atoms with Gasteiger partial charge in [-0.15, -0.1) is 0 Å². The molecule has 0 aromatic carbocycles. The van der Waals surface area contributed by atoms with Gasteiger partial charge >= 0.3 is 6.03 Å². The van der Waals surface area contributed by atoms with Crippen molar-refractivity contribution in [3.8, 4) is 0 Å². The van der Waals surface area contributed by atoms with E-state index in [4.69, 9.17) is 0 Å². The Balaban J connectivity index is 1.76. The Morgan fingerprint density at radius 3 is 2.54 bits per heavy atom. The Hall–Kier alpha value is -2.44. The van der Waals surface area contributed by atoms with Crippen molar-refractivity contribution in [3.05, 3.63) is 30.1 Å². The van der Waals surface area contributed by atoms with Crippen LogP contribution in [-0.2, 0) is 16.1 Å². The first kappa shape index (κ1) is 18.4. The highest BCUT2D eigenvalue weighted by Crippen LogP contribution is 2.26. The van der Waals surface area contributed by atoms with E-state index in [1.54, 1.807) is 19.4 Å². The van der Waals surface area contributed by atoms with Gasteiger partial charge in [-0.3, -0.25) is 19.5 Å². The van der Waals surface area contributed by atoms with E-state index in [0.717, 1.165) is 36.1 Å². The molecule has 3 rings (SSSR count). The molecule has 1 aliphatic carbocycles. The van der Waals surface area contributed by atoms with Crippen LogP contribution in [0.4, 0.5) is 4.79 Å². The predicted octanol–water partition coefficient (Wildman–Crippen LogP) is 2.03. The van der Waals surface area contributed by atoms with Gasteiger partial charge in [-0.2, -0.15) is 0 Å².